The normalized spacial score (nSPS) is 23.7. The molecule has 4 aliphatic heterocycles. The highest BCUT2D eigenvalue weighted by Crippen LogP contribution is 2.41. The van der Waals surface area contributed by atoms with Crippen LogP contribution in [0.5, 0.6) is 5.75 Å². The minimum Gasteiger partial charge on any atom is -0.495 e. The molecule has 362 valence electrons. The van der Waals surface area contributed by atoms with Crippen molar-refractivity contribution in [2.75, 3.05) is 87.1 Å². The first kappa shape index (κ1) is 46.9. The van der Waals surface area contributed by atoms with E-state index in [1.165, 1.54) is 0 Å². The van der Waals surface area contributed by atoms with Gasteiger partial charge in [0.1, 0.15) is 23.5 Å². The number of nitrogens with one attached hydrogen (secondary N) is 4. The van der Waals surface area contributed by atoms with E-state index in [-0.39, 0.29) is 53.9 Å². The smallest absolute Gasteiger partial charge is 0.264 e. The second kappa shape index (κ2) is 20.6. The Morgan fingerprint density at radius 2 is 1.66 bits per heavy atom. The zero-order valence-electron chi connectivity index (χ0n) is 39.3. The van der Waals surface area contributed by atoms with Gasteiger partial charge in [-0.15, -0.1) is 0 Å². The van der Waals surface area contributed by atoms with E-state index in [1.807, 2.05) is 13.0 Å². The van der Waals surface area contributed by atoms with E-state index in [0.29, 0.717) is 66.5 Å². The number of likely N-dealkylation sites (N-methyl/N-ethyl adjacent to an activating group) is 1. The third kappa shape index (κ3) is 9.60. The maximum atomic E-state index is 13.5. The number of amides is 6. The average Bonchev–Trinajstić information content (AvgIpc) is 3.98. The van der Waals surface area contributed by atoms with Gasteiger partial charge in [0.25, 0.3) is 17.7 Å². The molecule has 5 heterocycles. The highest BCUT2D eigenvalue weighted by atomic mass is 16.5. The fourth-order valence-corrected chi connectivity index (χ4v) is 10.9. The van der Waals surface area contributed by atoms with E-state index in [9.17, 15) is 28.8 Å². The Labute approximate surface area is 396 Å². The van der Waals surface area contributed by atoms with Crippen LogP contribution in [0.4, 0.5) is 28.8 Å². The summed E-state index contributed by atoms with van der Waals surface area (Å²) < 4.78 is 11.7. The van der Waals surface area contributed by atoms with Gasteiger partial charge in [0.2, 0.25) is 23.7 Å². The van der Waals surface area contributed by atoms with E-state index in [4.69, 9.17) is 14.5 Å². The van der Waals surface area contributed by atoms with Crippen molar-refractivity contribution >= 4 is 64.3 Å². The van der Waals surface area contributed by atoms with E-state index < -0.39 is 29.7 Å². The van der Waals surface area contributed by atoms with Crippen LogP contribution >= 0.6 is 0 Å². The van der Waals surface area contributed by atoms with Crippen LogP contribution in [0.1, 0.15) is 109 Å². The molecule has 2 aliphatic carbocycles. The molecule has 68 heavy (non-hydrogen) atoms. The molecule has 0 bridgehead atoms. The predicted octanol–water partition coefficient (Wildman–Crippen LogP) is 3.92. The van der Waals surface area contributed by atoms with Crippen molar-refractivity contribution in [3.05, 3.63) is 59.3 Å². The summed E-state index contributed by atoms with van der Waals surface area (Å²) in [4.78, 5) is 96.8. The number of anilines is 5. The number of hydrogen-bond acceptors (Lipinski definition) is 15. The average molecular weight is 934 g/mol. The Balaban J connectivity index is 0.688. The summed E-state index contributed by atoms with van der Waals surface area (Å²) >= 11 is 0. The molecule has 3 aromatic rings. The van der Waals surface area contributed by atoms with Crippen LogP contribution in [0.25, 0.3) is 0 Å². The molecule has 1 unspecified atom stereocenters. The molecule has 0 radical (unpaired) electrons. The number of rotatable bonds is 16. The number of hydrogen-bond donors (Lipinski definition) is 4. The largest absolute Gasteiger partial charge is 0.495 e. The van der Waals surface area contributed by atoms with Crippen LogP contribution in [0.3, 0.4) is 0 Å². The second-order valence-corrected chi connectivity index (χ2v) is 18.7. The van der Waals surface area contributed by atoms with E-state index in [1.54, 1.807) is 55.6 Å². The third-order valence-electron chi connectivity index (χ3n) is 14.7. The minimum absolute atomic E-state index is 0.0689. The topological polar surface area (TPSA) is 211 Å². The summed E-state index contributed by atoms with van der Waals surface area (Å²) in [5.41, 5.74) is 2.84. The number of piperazine rings is 1. The Bertz CT molecular complexity index is 2410. The van der Waals surface area contributed by atoms with E-state index in [0.717, 1.165) is 94.8 Å². The Morgan fingerprint density at radius 3 is 2.40 bits per heavy atom. The molecule has 6 amide bonds. The molecule has 19 heteroatoms. The molecule has 2 atom stereocenters. The number of nitrogens with zero attached hydrogens (tertiary/aromatic N) is 7. The number of piperidine rings is 1. The maximum Gasteiger partial charge on any atom is 0.264 e. The van der Waals surface area contributed by atoms with Crippen molar-refractivity contribution in [1.82, 2.24) is 35.3 Å². The fourth-order valence-electron chi connectivity index (χ4n) is 10.9. The highest BCUT2D eigenvalue weighted by molar-refractivity contribution is 6.25. The molecule has 0 spiro atoms. The number of aromatic nitrogens is 2. The van der Waals surface area contributed by atoms with Crippen LogP contribution in [-0.4, -0.2) is 157 Å². The predicted molar refractivity (Wildman–Crippen MR) is 254 cm³/mol. The first-order valence-electron chi connectivity index (χ1n) is 24.3. The minimum atomic E-state index is -1.01. The van der Waals surface area contributed by atoms with Gasteiger partial charge >= 0.3 is 0 Å². The number of ether oxygens (including phenoxy) is 2. The van der Waals surface area contributed by atoms with Crippen molar-refractivity contribution in [2.24, 2.45) is 0 Å². The Kier molecular flexibility index (Phi) is 14.2. The summed E-state index contributed by atoms with van der Waals surface area (Å²) in [7, 11) is 3.37. The number of fused-ring (bicyclic) bond motifs is 2. The molecule has 9 rings (SSSR count). The van der Waals surface area contributed by atoms with Gasteiger partial charge in [-0.1, -0.05) is 25.8 Å². The van der Waals surface area contributed by atoms with Crippen molar-refractivity contribution in [3.63, 3.8) is 0 Å². The lowest BCUT2D eigenvalue weighted by atomic mass is 9.89. The molecular weight excluding hydrogens is 871 g/mol. The molecular formula is C49H63N11O8. The summed E-state index contributed by atoms with van der Waals surface area (Å²) in [5.74, 6) is -0.515. The monoisotopic (exact) mass is 933 g/mol. The number of methoxy groups -OCH3 is 1. The van der Waals surface area contributed by atoms with Gasteiger partial charge in [-0.2, -0.15) is 4.98 Å². The van der Waals surface area contributed by atoms with Crippen molar-refractivity contribution in [3.8, 4) is 5.75 Å². The number of imide groups is 2. The summed E-state index contributed by atoms with van der Waals surface area (Å²) in [6.07, 6.45) is 10.8. The number of carbonyl (C=O) groups is 6. The van der Waals surface area contributed by atoms with Gasteiger partial charge in [-0.3, -0.25) is 48.8 Å². The SMILES string of the molecule is CC[C@@H]1C(=O)N(C)c2cnc(Nc3ccc(C(=O)NC4CCC(N5CCN(CCOCCNc6cccc7c6C(=O)N(C6CCC(=O)NC6=O)C7=O)CC5)CC4)cc3OC)nc2N1C1CCCC1. The lowest BCUT2D eigenvalue weighted by molar-refractivity contribution is -0.136. The zero-order chi connectivity index (χ0) is 47.5. The van der Waals surface area contributed by atoms with Gasteiger partial charge in [0.15, 0.2) is 5.82 Å². The standard InChI is InChI=1S/C49H63N11O8/c1-4-37-47(65)56(2)39-29-51-49(55-43(39)59(37)33-8-5-6-9-33)53-35-17-12-30(28-40(35)67-3)44(62)52-31-13-15-32(16-14-31)58-23-21-57(22-24-58)25-27-68-26-20-50-36-11-7-10-34-42(36)48(66)60(46(34)64)38-18-19-41(61)54-45(38)63/h7,10-12,17,28-29,31-33,37-38,50H,4-6,8-9,13-16,18-27H2,1-3H3,(H,52,62)(H,51,53,55)(H,54,61,63)/t31?,32?,37-,38?/m1/s1. The lowest BCUT2D eigenvalue weighted by Gasteiger charge is -2.43. The molecule has 4 fully saturated rings. The number of benzene rings is 2. The maximum absolute atomic E-state index is 13.5. The Hall–Kier alpha value is -6.18. The van der Waals surface area contributed by atoms with Gasteiger partial charge in [0, 0.05) is 82.1 Å². The van der Waals surface area contributed by atoms with Gasteiger partial charge in [-0.25, -0.2) is 4.98 Å². The van der Waals surface area contributed by atoms with Crippen LogP contribution in [0, 0.1) is 0 Å². The molecule has 6 aliphatic rings. The molecule has 4 N–H and O–H groups in total. The molecule has 2 saturated heterocycles. The van der Waals surface area contributed by atoms with Crippen molar-refractivity contribution < 1.29 is 38.2 Å². The molecule has 19 nitrogen and oxygen atoms in total. The molecule has 1 aromatic heterocycles. The molecule has 2 saturated carbocycles. The summed E-state index contributed by atoms with van der Waals surface area (Å²) in [6.45, 7) is 8.14. The zero-order valence-corrected chi connectivity index (χ0v) is 39.3. The van der Waals surface area contributed by atoms with Crippen LogP contribution in [0.15, 0.2) is 42.6 Å². The molecule has 2 aromatic carbocycles. The highest BCUT2D eigenvalue weighted by Gasteiger charge is 2.46. The second-order valence-electron chi connectivity index (χ2n) is 18.7. The van der Waals surface area contributed by atoms with Crippen molar-refractivity contribution in [2.45, 2.75) is 108 Å². The van der Waals surface area contributed by atoms with Crippen LogP contribution in [0.2, 0.25) is 0 Å². The van der Waals surface area contributed by atoms with Crippen LogP contribution in [-0.2, 0) is 19.1 Å². The number of carbonyl (C=O) groups excluding carboxylic acids is 6. The summed E-state index contributed by atoms with van der Waals surface area (Å²) in [6, 6.07) is 9.95. The van der Waals surface area contributed by atoms with E-state index >= 15 is 0 Å². The van der Waals surface area contributed by atoms with E-state index in [2.05, 4.69) is 41.0 Å². The quantitative estimate of drug-likeness (QED) is 0.119. The van der Waals surface area contributed by atoms with Crippen molar-refractivity contribution in [1.29, 1.82) is 0 Å². The van der Waals surface area contributed by atoms with Gasteiger partial charge in [0.05, 0.1) is 43.3 Å². The van der Waals surface area contributed by atoms with Gasteiger partial charge in [-0.05, 0) is 81.7 Å². The first-order valence-corrected chi connectivity index (χ1v) is 24.3. The van der Waals surface area contributed by atoms with Gasteiger partial charge < -0.3 is 35.2 Å². The Morgan fingerprint density at radius 1 is 0.882 bits per heavy atom. The van der Waals surface area contributed by atoms with Crippen LogP contribution < -0.4 is 35.8 Å². The lowest BCUT2D eigenvalue weighted by Crippen LogP contribution is -2.55. The fraction of sp³-hybridized carbons (Fsp3) is 0.551. The third-order valence-corrected chi connectivity index (χ3v) is 14.7. The first-order chi connectivity index (χ1) is 33.0. The summed E-state index contributed by atoms with van der Waals surface area (Å²) in [5, 5.41) is 12.0.